The van der Waals surface area contributed by atoms with Gasteiger partial charge in [-0.2, -0.15) is 0 Å². The van der Waals surface area contributed by atoms with Gasteiger partial charge in [-0.3, -0.25) is 13.9 Å². The molecule has 0 radical (unpaired) electrons. The maximum Gasteiger partial charge on any atom is 0.245 e. The predicted molar refractivity (Wildman–Crippen MR) is 103 cm³/mol. The number of hydrogen-bond acceptors (Lipinski definition) is 4. The second-order valence-corrected chi connectivity index (χ2v) is 7.77. The van der Waals surface area contributed by atoms with E-state index in [0.29, 0.717) is 17.1 Å². The molecule has 7 nitrogen and oxygen atoms in total. The van der Waals surface area contributed by atoms with E-state index < -0.39 is 15.9 Å². The average Bonchev–Trinajstić information content (AvgIpc) is 2.52. The van der Waals surface area contributed by atoms with Crippen LogP contribution in [0.2, 0.25) is 0 Å². The molecule has 2 rings (SSSR count). The number of carbonyl (C=O) groups is 2. The topological polar surface area (TPSA) is 95.6 Å². The first kappa shape index (κ1) is 19.5. The van der Waals surface area contributed by atoms with E-state index in [1.807, 2.05) is 0 Å². The third-order valence-electron chi connectivity index (χ3n) is 3.54. The molecule has 2 amide bonds. The van der Waals surface area contributed by atoms with Crippen molar-refractivity contribution in [3.05, 3.63) is 54.1 Å². The second-order valence-electron chi connectivity index (χ2n) is 5.87. The number of carbonyl (C=O) groups excluding carboxylic acids is 2. The number of benzene rings is 2. The van der Waals surface area contributed by atoms with Crippen LogP contribution in [-0.2, 0) is 19.6 Å². The zero-order valence-corrected chi connectivity index (χ0v) is 15.6. The molecule has 0 saturated heterocycles. The number of rotatable bonds is 6. The fourth-order valence-corrected chi connectivity index (χ4v) is 3.35. The highest BCUT2D eigenvalue weighted by molar-refractivity contribution is 7.92. The first-order valence-electron chi connectivity index (χ1n) is 7.87. The minimum Gasteiger partial charge on any atom is -0.326 e. The van der Waals surface area contributed by atoms with Crippen molar-refractivity contribution >= 4 is 38.9 Å². The molecule has 2 N–H and O–H groups in total. The number of anilines is 3. The number of amides is 2. The zero-order valence-electron chi connectivity index (χ0n) is 14.8. The normalized spacial score (nSPS) is 10.9. The monoisotopic (exact) mass is 375 g/mol. The summed E-state index contributed by atoms with van der Waals surface area (Å²) in [5, 5.41) is 5.27. The highest BCUT2D eigenvalue weighted by Gasteiger charge is 2.22. The van der Waals surface area contributed by atoms with Crippen molar-refractivity contribution in [1.29, 1.82) is 0 Å². The summed E-state index contributed by atoms with van der Waals surface area (Å²) in [6, 6.07) is 13.6. The van der Waals surface area contributed by atoms with Gasteiger partial charge in [0.25, 0.3) is 0 Å². The lowest BCUT2D eigenvalue weighted by Crippen LogP contribution is -2.37. The van der Waals surface area contributed by atoms with Crippen molar-refractivity contribution in [2.75, 3.05) is 27.7 Å². The van der Waals surface area contributed by atoms with Gasteiger partial charge < -0.3 is 10.6 Å². The van der Waals surface area contributed by atoms with Crippen LogP contribution >= 0.6 is 0 Å². The van der Waals surface area contributed by atoms with E-state index in [4.69, 9.17) is 0 Å². The Kier molecular flexibility index (Phi) is 5.99. The number of nitrogens with one attached hydrogen (secondary N) is 2. The molecular weight excluding hydrogens is 354 g/mol. The first-order chi connectivity index (χ1) is 12.2. The van der Waals surface area contributed by atoms with Gasteiger partial charge >= 0.3 is 0 Å². The van der Waals surface area contributed by atoms with Crippen LogP contribution in [0.4, 0.5) is 17.1 Å². The Labute approximate surface area is 153 Å². The van der Waals surface area contributed by atoms with Gasteiger partial charge in [0.2, 0.25) is 21.8 Å². The lowest BCUT2D eigenvalue weighted by atomic mass is 10.2. The number of para-hydroxylation sites is 1. The van der Waals surface area contributed by atoms with Gasteiger partial charge in [-0.1, -0.05) is 24.3 Å². The van der Waals surface area contributed by atoms with Crippen LogP contribution in [0.15, 0.2) is 48.5 Å². The first-order valence-corrected chi connectivity index (χ1v) is 9.72. The third-order valence-corrected chi connectivity index (χ3v) is 4.66. The molecule has 0 bridgehead atoms. The van der Waals surface area contributed by atoms with E-state index in [1.54, 1.807) is 55.5 Å². The van der Waals surface area contributed by atoms with Gasteiger partial charge in [0.15, 0.2) is 0 Å². The largest absolute Gasteiger partial charge is 0.326 e. The molecule has 26 heavy (non-hydrogen) atoms. The maximum absolute atomic E-state index is 12.4. The molecule has 0 heterocycles. The Balaban J connectivity index is 2.18. The van der Waals surface area contributed by atoms with Crippen LogP contribution in [0.5, 0.6) is 0 Å². The van der Waals surface area contributed by atoms with Gasteiger partial charge in [-0.05, 0) is 36.8 Å². The van der Waals surface area contributed by atoms with Crippen molar-refractivity contribution in [1.82, 2.24) is 0 Å². The van der Waals surface area contributed by atoms with Crippen LogP contribution in [0, 0.1) is 6.92 Å². The van der Waals surface area contributed by atoms with Crippen LogP contribution in [0.3, 0.4) is 0 Å². The lowest BCUT2D eigenvalue weighted by Gasteiger charge is -2.23. The minimum absolute atomic E-state index is 0.226. The Morgan fingerprint density at radius 1 is 1.00 bits per heavy atom. The molecule has 0 saturated carbocycles. The van der Waals surface area contributed by atoms with Crippen LogP contribution in [0.25, 0.3) is 0 Å². The molecule has 2 aromatic carbocycles. The maximum atomic E-state index is 12.4. The predicted octanol–water partition coefficient (Wildman–Crippen LogP) is 2.36. The SMILES string of the molecule is CC(=O)Nc1cccc(NC(=O)CN(c2ccccc2C)S(C)(=O)=O)c1. The lowest BCUT2D eigenvalue weighted by molar-refractivity contribution is -0.115. The second kappa shape index (κ2) is 8.01. The molecule has 0 aliphatic carbocycles. The number of aryl methyl sites for hydroxylation is 1. The molecular formula is C18H21N3O4S. The fourth-order valence-electron chi connectivity index (χ4n) is 2.43. The summed E-state index contributed by atoms with van der Waals surface area (Å²) in [4.78, 5) is 23.5. The summed E-state index contributed by atoms with van der Waals surface area (Å²) < 4.78 is 25.4. The molecule has 0 atom stereocenters. The van der Waals surface area contributed by atoms with Gasteiger partial charge in [-0.25, -0.2) is 8.42 Å². The van der Waals surface area contributed by atoms with E-state index in [9.17, 15) is 18.0 Å². The van der Waals surface area contributed by atoms with E-state index in [1.165, 1.54) is 6.92 Å². The van der Waals surface area contributed by atoms with E-state index in [2.05, 4.69) is 10.6 Å². The van der Waals surface area contributed by atoms with Crippen LogP contribution < -0.4 is 14.9 Å². The highest BCUT2D eigenvalue weighted by atomic mass is 32.2. The van der Waals surface area contributed by atoms with Crippen LogP contribution in [0.1, 0.15) is 12.5 Å². The summed E-state index contributed by atoms with van der Waals surface area (Å²) in [7, 11) is -3.64. The Bertz CT molecular complexity index is 926. The molecule has 2 aromatic rings. The molecule has 0 aliphatic rings. The number of hydrogen-bond donors (Lipinski definition) is 2. The number of sulfonamides is 1. The van der Waals surface area contributed by atoms with E-state index in [0.717, 1.165) is 16.1 Å². The Morgan fingerprint density at radius 2 is 1.62 bits per heavy atom. The zero-order chi connectivity index (χ0) is 19.3. The Morgan fingerprint density at radius 3 is 2.19 bits per heavy atom. The van der Waals surface area contributed by atoms with Gasteiger partial charge in [0.05, 0.1) is 11.9 Å². The molecule has 0 fully saturated rings. The van der Waals surface area contributed by atoms with Gasteiger partial charge in [0.1, 0.15) is 6.54 Å². The fraction of sp³-hybridized carbons (Fsp3) is 0.222. The Hall–Kier alpha value is -2.87. The summed E-state index contributed by atoms with van der Waals surface area (Å²) in [6.45, 7) is 2.81. The molecule has 0 aliphatic heterocycles. The molecule has 0 aromatic heterocycles. The minimum atomic E-state index is -3.64. The molecule has 138 valence electrons. The van der Waals surface area contributed by atoms with E-state index >= 15 is 0 Å². The molecule has 0 unspecified atom stereocenters. The summed E-state index contributed by atoms with van der Waals surface area (Å²) >= 11 is 0. The molecule has 0 spiro atoms. The quantitative estimate of drug-likeness (QED) is 0.810. The van der Waals surface area contributed by atoms with Crippen molar-refractivity contribution in [3.63, 3.8) is 0 Å². The summed E-state index contributed by atoms with van der Waals surface area (Å²) in [5.41, 5.74) is 2.20. The average molecular weight is 375 g/mol. The smallest absolute Gasteiger partial charge is 0.245 e. The summed E-state index contributed by atoms with van der Waals surface area (Å²) in [6.07, 6.45) is 1.06. The van der Waals surface area contributed by atoms with Gasteiger partial charge in [0, 0.05) is 18.3 Å². The highest BCUT2D eigenvalue weighted by Crippen LogP contribution is 2.22. The molecule has 8 heteroatoms. The summed E-state index contributed by atoms with van der Waals surface area (Å²) in [5.74, 6) is -0.713. The van der Waals surface area contributed by atoms with Crippen LogP contribution in [-0.4, -0.2) is 33.0 Å². The van der Waals surface area contributed by atoms with E-state index in [-0.39, 0.29) is 12.5 Å². The van der Waals surface area contributed by atoms with Crippen molar-refractivity contribution in [2.24, 2.45) is 0 Å². The van der Waals surface area contributed by atoms with Crippen molar-refractivity contribution in [2.45, 2.75) is 13.8 Å². The van der Waals surface area contributed by atoms with Crippen molar-refractivity contribution < 1.29 is 18.0 Å². The van der Waals surface area contributed by atoms with Gasteiger partial charge in [-0.15, -0.1) is 0 Å². The third kappa shape index (κ3) is 5.32. The standard InChI is InChI=1S/C18H21N3O4S/c1-13-7-4-5-10-17(13)21(26(3,24)25)12-18(23)20-16-9-6-8-15(11-16)19-14(2)22/h4-11H,12H2,1-3H3,(H,19,22)(H,20,23). The number of nitrogens with zero attached hydrogens (tertiary/aromatic N) is 1. The van der Waals surface area contributed by atoms with Crippen molar-refractivity contribution in [3.8, 4) is 0 Å².